The van der Waals surface area contributed by atoms with Gasteiger partial charge in [0.25, 0.3) is 0 Å². The van der Waals surface area contributed by atoms with E-state index in [1.54, 1.807) is 6.92 Å². The number of aliphatic hydroxyl groups excluding tert-OH is 1. The molecule has 0 bridgehead atoms. The van der Waals surface area contributed by atoms with Crippen molar-refractivity contribution < 1.29 is 14.6 Å². The molecule has 15 heavy (non-hydrogen) atoms. The maximum Gasteiger partial charge on any atom is 0.164 e. The molecule has 1 unspecified atom stereocenters. The molecular formula is C12H16O3. The molecule has 1 aliphatic rings. The van der Waals surface area contributed by atoms with Crippen LogP contribution in [0.25, 0.3) is 0 Å². The van der Waals surface area contributed by atoms with Crippen LogP contribution in [0.3, 0.4) is 0 Å². The molecule has 3 nitrogen and oxygen atoms in total. The van der Waals surface area contributed by atoms with E-state index < -0.39 is 6.10 Å². The highest BCUT2D eigenvalue weighted by Crippen LogP contribution is 2.36. The van der Waals surface area contributed by atoms with E-state index in [4.69, 9.17) is 9.47 Å². The summed E-state index contributed by atoms with van der Waals surface area (Å²) in [4.78, 5) is 0. The molecule has 0 saturated carbocycles. The molecule has 0 spiro atoms. The third-order valence-electron chi connectivity index (χ3n) is 2.65. The van der Waals surface area contributed by atoms with Crippen molar-refractivity contribution in [2.45, 2.75) is 26.4 Å². The van der Waals surface area contributed by atoms with Crippen molar-refractivity contribution in [3.05, 3.63) is 23.3 Å². The van der Waals surface area contributed by atoms with Gasteiger partial charge in [0.1, 0.15) is 0 Å². The summed E-state index contributed by atoms with van der Waals surface area (Å²) in [7, 11) is 0. The quantitative estimate of drug-likeness (QED) is 0.769. The SMILES string of the molecule is Cc1c(C(C)O)ccc2c1OCCCO2. The van der Waals surface area contributed by atoms with Gasteiger partial charge in [-0.15, -0.1) is 0 Å². The van der Waals surface area contributed by atoms with Crippen molar-refractivity contribution in [2.24, 2.45) is 0 Å². The van der Waals surface area contributed by atoms with Crippen LogP contribution in [0.5, 0.6) is 11.5 Å². The summed E-state index contributed by atoms with van der Waals surface area (Å²) in [6, 6.07) is 3.77. The Morgan fingerprint density at radius 2 is 2.00 bits per heavy atom. The average Bonchev–Trinajstić information content (AvgIpc) is 2.43. The molecular weight excluding hydrogens is 192 g/mol. The molecule has 1 heterocycles. The maximum atomic E-state index is 9.58. The summed E-state index contributed by atoms with van der Waals surface area (Å²) in [5.74, 6) is 1.57. The zero-order valence-corrected chi connectivity index (χ0v) is 9.12. The van der Waals surface area contributed by atoms with Crippen molar-refractivity contribution in [3.63, 3.8) is 0 Å². The minimum Gasteiger partial charge on any atom is -0.490 e. The van der Waals surface area contributed by atoms with E-state index >= 15 is 0 Å². The first kappa shape index (κ1) is 10.3. The number of hydrogen-bond donors (Lipinski definition) is 1. The smallest absolute Gasteiger partial charge is 0.164 e. The van der Waals surface area contributed by atoms with Gasteiger partial charge in [-0.3, -0.25) is 0 Å². The molecule has 1 atom stereocenters. The molecule has 1 N–H and O–H groups in total. The summed E-state index contributed by atoms with van der Waals surface area (Å²) in [6.45, 7) is 5.08. The van der Waals surface area contributed by atoms with E-state index in [0.29, 0.717) is 13.2 Å². The van der Waals surface area contributed by atoms with E-state index in [2.05, 4.69) is 0 Å². The first-order valence-corrected chi connectivity index (χ1v) is 5.27. The average molecular weight is 208 g/mol. The van der Waals surface area contributed by atoms with Crippen molar-refractivity contribution in [2.75, 3.05) is 13.2 Å². The number of benzene rings is 1. The normalized spacial score (nSPS) is 17.0. The third-order valence-corrected chi connectivity index (χ3v) is 2.65. The minimum atomic E-state index is -0.470. The Labute approximate surface area is 89.6 Å². The van der Waals surface area contributed by atoms with Crippen LogP contribution in [0.15, 0.2) is 12.1 Å². The topological polar surface area (TPSA) is 38.7 Å². The van der Waals surface area contributed by atoms with Crippen LogP contribution in [-0.2, 0) is 0 Å². The van der Waals surface area contributed by atoms with Gasteiger partial charge in [-0.1, -0.05) is 6.07 Å². The van der Waals surface area contributed by atoms with Crippen LogP contribution in [0.4, 0.5) is 0 Å². The lowest BCUT2D eigenvalue weighted by Crippen LogP contribution is -2.00. The van der Waals surface area contributed by atoms with Gasteiger partial charge >= 0.3 is 0 Å². The van der Waals surface area contributed by atoms with Gasteiger partial charge in [0.2, 0.25) is 0 Å². The second-order valence-corrected chi connectivity index (χ2v) is 3.83. The summed E-state index contributed by atoms with van der Waals surface area (Å²) in [6.07, 6.45) is 0.431. The fourth-order valence-corrected chi connectivity index (χ4v) is 1.84. The Morgan fingerprint density at radius 3 is 2.73 bits per heavy atom. The molecule has 0 aliphatic carbocycles. The Balaban J connectivity index is 2.46. The fourth-order valence-electron chi connectivity index (χ4n) is 1.84. The molecule has 0 fully saturated rings. The number of aliphatic hydroxyl groups is 1. The third kappa shape index (κ3) is 1.92. The van der Waals surface area contributed by atoms with E-state index in [1.807, 2.05) is 19.1 Å². The monoisotopic (exact) mass is 208 g/mol. The summed E-state index contributed by atoms with van der Waals surface area (Å²) in [5.41, 5.74) is 1.88. The highest BCUT2D eigenvalue weighted by Gasteiger charge is 2.17. The van der Waals surface area contributed by atoms with Crippen LogP contribution in [0.2, 0.25) is 0 Å². The molecule has 1 aromatic rings. The Morgan fingerprint density at radius 1 is 1.27 bits per heavy atom. The standard InChI is InChI=1S/C12H16O3/c1-8-10(9(2)13)4-5-11-12(8)15-7-3-6-14-11/h4-5,9,13H,3,6-7H2,1-2H3. The maximum absolute atomic E-state index is 9.58. The van der Waals surface area contributed by atoms with Gasteiger partial charge in [-0.25, -0.2) is 0 Å². The van der Waals surface area contributed by atoms with Gasteiger partial charge in [0, 0.05) is 12.0 Å². The molecule has 0 saturated heterocycles. The summed E-state index contributed by atoms with van der Waals surface area (Å²) >= 11 is 0. The van der Waals surface area contributed by atoms with Gasteiger partial charge in [0.05, 0.1) is 19.3 Å². The first-order chi connectivity index (χ1) is 7.20. The number of rotatable bonds is 1. The lowest BCUT2D eigenvalue weighted by molar-refractivity contribution is 0.197. The summed E-state index contributed by atoms with van der Waals surface area (Å²) < 4.78 is 11.2. The van der Waals surface area contributed by atoms with Crippen molar-refractivity contribution in [1.29, 1.82) is 0 Å². The van der Waals surface area contributed by atoms with Crippen LogP contribution < -0.4 is 9.47 Å². The molecule has 0 aromatic heterocycles. The van der Waals surface area contributed by atoms with E-state index in [0.717, 1.165) is 29.0 Å². The van der Waals surface area contributed by atoms with Crippen LogP contribution in [0.1, 0.15) is 30.6 Å². The lowest BCUT2D eigenvalue weighted by atomic mass is 10.0. The molecule has 0 amide bonds. The Bertz CT molecular complexity index is 358. The van der Waals surface area contributed by atoms with E-state index in [9.17, 15) is 5.11 Å². The zero-order chi connectivity index (χ0) is 10.8. The van der Waals surface area contributed by atoms with E-state index in [1.165, 1.54) is 0 Å². The molecule has 0 radical (unpaired) electrons. The number of fused-ring (bicyclic) bond motifs is 1. The highest BCUT2D eigenvalue weighted by atomic mass is 16.5. The van der Waals surface area contributed by atoms with Crippen molar-refractivity contribution in [3.8, 4) is 11.5 Å². The predicted octanol–water partition coefficient (Wildman–Crippen LogP) is 2.21. The number of hydrogen-bond acceptors (Lipinski definition) is 3. The van der Waals surface area contributed by atoms with Crippen LogP contribution in [0, 0.1) is 6.92 Å². The Kier molecular flexibility index (Phi) is 2.82. The summed E-state index contributed by atoms with van der Waals surface area (Å²) in [5, 5.41) is 9.58. The van der Waals surface area contributed by atoms with Gasteiger partial charge in [-0.05, 0) is 25.5 Å². The highest BCUT2D eigenvalue weighted by molar-refractivity contribution is 5.51. The van der Waals surface area contributed by atoms with Crippen LogP contribution >= 0.6 is 0 Å². The van der Waals surface area contributed by atoms with Crippen LogP contribution in [-0.4, -0.2) is 18.3 Å². The predicted molar refractivity (Wildman–Crippen MR) is 57.4 cm³/mol. The molecule has 82 valence electrons. The van der Waals surface area contributed by atoms with Crippen molar-refractivity contribution in [1.82, 2.24) is 0 Å². The second-order valence-electron chi connectivity index (χ2n) is 3.83. The van der Waals surface area contributed by atoms with Gasteiger partial charge in [0.15, 0.2) is 11.5 Å². The van der Waals surface area contributed by atoms with E-state index in [-0.39, 0.29) is 0 Å². The largest absolute Gasteiger partial charge is 0.490 e. The molecule has 1 aromatic carbocycles. The van der Waals surface area contributed by atoms with Gasteiger partial charge in [-0.2, -0.15) is 0 Å². The molecule has 2 rings (SSSR count). The fraction of sp³-hybridized carbons (Fsp3) is 0.500. The van der Waals surface area contributed by atoms with Crippen molar-refractivity contribution >= 4 is 0 Å². The first-order valence-electron chi connectivity index (χ1n) is 5.27. The van der Waals surface area contributed by atoms with Gasteiger partial charge < -0.3 is 14.6 Å². The second kappa shape index (κ2) is 4.11. The lowest BCUT2D eigenvalue weighted by Gasteiger charge is -2.15. The number of ether oxygens (including phenoxy) is 2. The molecule has 3 heteroatoms. The Hall–Kier alpha value is -1.22. The zero-order valence-electron chi connectivity index (χ0n) is 9.12. The minimum absolute atomic E-state index is 0.470. The molecule has 1 aliphatic heterocycles.